The predicted molar refractivity (Wildman–Crippen MR) is 111 cm³/mol. The maximum absolute atomic E-state index is 6.24. The smallest absolute Gasteiger partial charge is 0.225 e. The summed E-state index contributed by atoms with van der Waals surface area (Å²) in [4.78, 5) is 9.00. The number of nitrogens with zero attached hydrogens (tertiary/aromatic N) is 3. The summed E-state index contributed by atoms with van der Waals surface area (Å²) < 4.78 is 11.7. The summed E-state index contributed by atoms with van der Waals surface area (Å²) in [5, 5.41) is 8.53. The molecule has 0 bridgehead atoms. The topological polar surface area (TPSA) is 98.9 Å². The van der Waals surface area contributed by atoms with E-state index in [1.807, 2.05) is 42.5 Å². The molecule has 7 nitrogen and oxygen atoms in total. The van der Waals surface area contributed by atoms with Gasteiger partial charge in [-0.25, -0.2) is 4.98 Å². The Labute approximate surface area is 167 Å². The van der Waals surface area contributed by atoms with Crippen molar-refractivity contribution in [3.63, 3.8) is 0 Å². The van der Waals surface area contributed by atoms with Crippen LogP contribution in [0.1, 0.15) is 12.8 Å². The van der Waals surface area contributed by atoms with E-state index < -0.39 is 0 Å². The van der Waals surface area contributed by atoms with Crippen LogP contribution in [0.3, 0.4) is 0 Å². The highest BCUT2D eigenvalue weighted by molar-refractivity contribution is 5.96. The molecule has 0 spiro atoms. The van der Waals surface area contributed by atoms with Crippen molar-refractivity contribution in [2.24, 2.45) is 0 Å². The fraction of sp³-hybridized carbons (Fsp3) is 0.227. The Hall–Kier alpha value is -3.45. The van der Waals surface area contributed by atoms with Gasteiger partial charge >= 0.3 is 0 Å². The Morgan fingerprint density at radius 3 is 2.59 bits per heavy atom. The summed E-state index contributed by atoms with van der Waals surface area (Å²) in [6, 6.07) is 13.5. The Balaban J connectivity index is 1.55. The van der Waals surface area contributed by atoms with Gasteiger partial charge in [0.25, 0.3) is 0 Å². The van der Waals surface area contributed by atoms with Crippen molar-refractivity contribution in [2.45, 2.75) is 18.9 Å². The molecule has 5 rings (SSSR count). The number of nitrogen functional groups attached to an aromatic ring is 1. The maximum atomic E-state index is 6.24. The molecule has 3 aromatic heterocycles. The molecule has 4 aromatic rings. The third-order valence-corrected chi connectivity index (χ3v) is 5.13. The molecule has 0 unspecified atom stereocenters. The lowest BCUT2D eigenvalue weighted by atomic mass is 10.1. The Morgan fingerprint density at radius 1 is 0.966 bits per heavy atom. The molecular weight excluding hydrogens is 366 g/mol. The van der Waals surface area contributed by atoms with E-state index in [0.29, 0.717) is 19.1 Å². The van der Waals surface area contributed by atoms with Crippen molar-refractivity contribution in [1.29, 1.82) is 0 Å². The first-order valence-electron chi connectivity index (χ1n) is 9.68. The minimum atomic E-state index is 0.104. The average molecular weight is 387 g/mol. The van der Waals surface area contributed by atoms with E-state index in [0.717, 1.165) is 51.9 Å². The standard InChI is InChI=1S/C22H21N5O2/c23-16-3-1-14(2-4-16)19-13-15(5-9-24-19)21-20-18(26-27-21)6-10-25-22(20)29-17-7-11-28-12-8-17/h1-6,9-10,13,17H,7-8,11-12,23H2,(H,26,27). The van der Waals surface area contributed by atoms with Gasteiger partial charge in [0.05, 0.1) is 29.8 Å². The van der Waals surface area contributed by atoms with E-state index in [1.165, 1.54) is 0 Å². The minimum Gasteiger partial charge on any atom is -0.474 e. The summed E-state index contributed by atoms with van der Waals surface area (Å²) in [6.45, 7) is 1.43. The average Bonchev–Trinajstić information content (AvgIpc) is 3.20. The molecule has 0 saturated carbocycles. The van der Waals surface area contributed by atoms with Gasteiger partial charge in [-0.1, -0.05) is 12.1 Å². The largest absolute Gasteiger partial charge is 0.474 e. The van der Waals surface area contributed by atoms with Crippen LogP contribution in [-0.2, 0) is 4.74 Å². The summed E-state index contributed by atoms with van der Waals surface area (Å²) in [7, 11) is 0. The number of aromatic amines is 1. The monoisotopic (exact) mass is 387 g/mol. The van der Waals surface area contributed by atoms with Gasteiger partial charge in [0, 0.05) is 42.0 Å². The molecule has 0 aliphatic carbocycles. The van der Waals surface area contributed by atoms with Crippen LogP contribution in [-0.4, -0.2) is 39.5 Å². The number of aromatic nitrogens is 4. The van der Waals surface area contributed by atoms with Crippen molar-refractivity contribution in [1.82, 2.24) is 20.2 Å². The lowest BCUT2D eigenvalue weighted by molar-refractivity contribution is 0.0244. The van der Waals surface area contributed by atoms with Crippen LogP contribution in [0.4, 0.5) is 5.69 Å². The number of ether oxygens (including phenoxy) is 2. The normalized spacial score (nSPS) is 14.9. The van der Waals surface area contributed by atoms with Gasteiger partial charge in [0.15, 0.2) is 0 Å². The highest BCUT2D eigenvalue weighted by atomic mass is 16.5. The van der Waals surface area contributed by atoms with Crippen molar-refractivity contribution >= 4 is 16.6 Å². The van der Waals surface area contributed by atoms with Crippen LogP contribution in [0, 0.1) is 0 Å². The van der Waals surface area contributed by atoms with Gasteiger partial charge in [-0.3, -0.25) is 10.1 Å². The van der Waals surface area contributed by atoms with Crippen LogP contribution >= 0.6 is 0 Å². The fourth-order valence-corrected chi connectivity index (χ4v) is 3.58. The molecule has 4 heterocycles. The van der Waals surface area contributed by atoms with Crippen LogP contribution in [0.2, 0.25) is 0 Å². The summed E-state index contributed by atoms with van der Waals surface area (Å²) in [5.74, 6) is 0.601. The first-order valence-corrected chi connectivity index (χ1v) is 9.68. The number of fused-ring (bicyclic) bond motifs is 1. The van der Waals surface area contributed by atoms with Crippen molar-refractivity contribution in [2.75, 3.05) is 18.9 Å². The predicted octanol–water partition coefficient (Wildman–Crippen LogP) is 3.83. The van der Waals surface area contributed by atoms with E-state index in [4.69, 9.17) is 15.2 Å². The van der Waals surface area contributed by atoms with Gasteiger partial charge in [0.1, 0.15) is 11.8 Å². The van der Waals surface area contributed by atoms with Gasteiger partial charge in [-0.2, -0.15) is 5.10 Å². The lowest BCUT2D eigenvalue weighted by Gasteiger charge is -2.23. The molecular formula is C22H21N5O2. The molecule has 146 valence electrons. The number of H-pyrrole nitrogens is 1. The number of benzene rings is 1. The first kappa shape index (κ1) is 17.6. The number of hydrogen-bond acceptors (Lipinski definition) is 6. The van der Waals surface area contributed by atoms with Gasteiger partial charge in [-0.05, 0) is 30.3 Å². The summed E-state index contributed by atoms with van der Waals surface area (Å²) in [6.07, 6.45) is 5.36. The molecule has 0 amide bonds. The maximum Gasteiger partial charge on any atom is 0.225 e. The number of rotatable bonds is 4. The zero-order chi connectivity index (χ0) is 19.6. The van der Waals surface area contributed by atoms with Crippen molar-refractivity contribution in [3.05, 3.63) is 54.9 Å². The minimum absolute atomic E-state index is 0.104. The van der Waals surface area contributed by atoms with E-state index >= 15 is 0 Å². The zero-order valence-corrected chi connectivity index (χ0v) is 15.8. The first-order chi connectivity index (χ1) is 14.3. The van der Waals surface area contributed by atoms with Gasteiger partial charge in [-0.15, -0.1) is 0 Å². The molecule has 29 heavy (non-hydrogen) atoms. The zero-order valence-electron chi connectivity index (χ0n) is 15.8. The second kappa shape index (κ2) is 7.52. The Morgan fingerprint density at radius 2 is 1.76 bits per heavy atom. The molecule has 1 saturated heterocycles. The quantitative estimate of drug-likeness (QED) is 0.517. The van der Waals surface area contributed by atoms with E-state index in [-0.39, 0.29) is 6.10 Å². The molecule has 1 aliphatic rings. The van der Waals surface area contributed by atoms with Crippen LogP contribution in [0.15, 0.2) is 54.9 Å². The fourth-order valence-electron chi connectivity index (χ4n) is 3.58. The second-order valence-corrected chi connectivity index (χ2v) is 7.09. The summed E-state index contributed by atoms with van der Waals surface area (Å²) >= 11 is 0. The number of anilines is 1. The third kappa shape index (κ3) is 3.52. The molecule has 1 aromatic carbocycles. The van der Waals surface area contributed by atoms with Crippen LogP contribution in [0.25, 0.3) is 33.4 Å². The SMILES string of the molecule is Nc1ccc(-c2cc(-c3n[nH]c4ccnc(OC5CCOCC5)c34)ccn2)cc1. The molecule has 7 heteroatoms. The van der Waals surface area contributed by atoms with Crippen molar-refractivity contribution in [3.8, 4) is 28.4 Å². The van der Waals surface area contributed by atoms with E-state index in [9.17, 15) is 0 Å². The van der Waals surface area contributed by atoms with Crippen LogP contribution in [0.5, 0.6) is 5.88 Å². The summed E-state index contributed by atoms with van der Waals surface area (Å²) in [5.41, 5.74) is 11.0. The molecule has 1 aliphatic heterocycles. The highest BCUT2D eigenvalue weighted by Crippen LogP contribution is 2.34. The number of pyridine rings is 2. The molecule has 3 N–H and O–H groups in total. The highest BCUT2D eigenvalue weighted by Gasteiger charge is 2.20. The lowest BCUT2D eigenvalue weighted by Crippen LogP contribution is -2.26. The molecule has 1 fully saturated rings. The Kier molecular flexibility index (Phi) is 4.57. The van der Waals surface area contributed by atoms with Gasteiger partial charge in [0.2, 0.25) is 5.88 Å². The van der Waals surface area contributed by atoms with E-state index in [2.05, 4.69) is 20.2 Å². The van der Waals surface area contributed by atoms with E-state index in [1.54, 1.807) is 12.4 Å². The van der Waals surface area contributed by atoms with Crippen LogP contribution < -0.4 is 10.5 Å². The Bertz CT molecular complexity index is 1130. The third-order valence-electron chi connectivity index (χ3n) is 5.13. The molecule has 0 radical (unpaired) electrons. The van der Waals surface area contributed by atoms with Gasteiger partial charge < -0.3 is 15.2 Å². The number of nitrogens with two attached hydrogens (primary N) is 1. The number of nitrogens with one attached hydrogen (secondary N) is 1. The number of hydrogen-bond donors (Lipinski definition) is 2. The second-order valence-electron chi connectivity index (χ2n) is 7.09. The van der Waals surface area contributed by atoms with Crippen molar-refractivity contribution < 1.29 is 9.47 Å². The molecule has 0 atom stereocenters.